The summed E-state index contributed by atoms with van der Waals surface area (Å²) in [5.41, 5.74) is -0.292. The molecule has 0 radical (unpaired) electrons. The second-order valence-electron chi connectivity index (χ2n) is 4.37. The highest BCUT2D eigenvalue weighted by Crippen LogP contribution is 2.38. The van der Waals surface area contributed by atoms with Crippen LogP contribution in [0, 0.1) is 3.57 Å². The largest absolute Gasteiger partial charge is 0.476 e. The molecule has 0 fully saturated rings. The highest BCUT2D eigenvalue weighted by Gasteiger charge is 2.40. The van der Waals surface area contributed by atoms with Crippen LogP contribution in [-0.4, -0.2) is 24.7 Å². The summed E-state index contributed by atoms with van der Waals surface area (Å²) in [5, 5.41) is 0. The summed E-state index contributed by atoms with van der Waals surface area (Å²) in [6, 6.07) is 5.52. The third-order valence-corrected chi connectivity index (χ3v) is 3.32. The van der Waals surface area contributed by atoms with Crippen molar-refractivity contribution in [1.29, 1.82) is 0 Å². The summed E-state index contributed by atoms with van der Waals surface area (Å²) in [7, 11) is 0. The van der Waals surface area contributed by atoms with Gasteiger partial charge in [0, 0.05) is 3.57 Å². The Hall–Kier alpha value is -0.850. The van der Waals surface area contributed by atoms with E-state index in [0.717, 1.165) is 3.57 Å². The fourth-order valence-electron chi connectivity index (χ4n) is 1.85. The van der Waals surface area contributed by atoms with Gasteiger partial charge in [-0.15, -0.1) is 0 Å². The van der Waals surface area contributed by atoms with Crippen molar-refractivity contribution in [2.45, 2.75) is 19.4 Å². The summed E-state index contributed by atoms with van der Waals surface area (Å²) in [6.45, 7) is 2.90. The highest BCUT2D eigenvalue weighted by atomic mass is 127. The van der Waals surface area contributed by atoms with Crippen molar-refractivity contribution < 1.29 is 13.9 Å². The standard InChI is InChI=1S/C12H13FINO2/c1-12(2)11(16)15(6-5-13)9-4-3-8(14)7-10(9)17-12/h3-4,7H,5-6H2,1-2H3. The topological polar surface area (TPSA) is 29.5 Å². The lowest BCUT2D eigenvalue weighted by Crippen LogP contribution is -2.53. The van der Waals surface area contributed by atoms with E-state index < -0.39 is 12.3 Å². The molecule has 0 N–H and O–H groups in total. The van der Waals surface area contributed by atoms with E-state index in [0.29, 0.717) is 11.4 Å². The van der Waals surface area contributed by atoms with Crippen molar-refractivity contribution in [3.8, 4) is 5.75 Å². The van der Waals surface area contributed by atoms with Gasteiger partial charge >= 0.3 is 0 Å². The second kappa shape index (κ2) is 4.44. The summed E-state index contributed by atoms with van der Waals surface area (Å²) in [6.07, 6.45) is 0. The van der Waals surface area contributed by atoms with Gasteiger partial charge in [0.05, 0.1) is 12.2 Å². The average molecular weight is 349 g/mol. The number of benzene rings is 1. The number of rotatable bonds is 2. The summed E-state index contributed by atoms with van der Waals surface area (Å²) >= 11 is 2.17. The predicted octanol–water partition coefficient (Wildman–Crippen LogP) is 2.76. The van der Waals surface area contributed by atoms with E-state index in [-0.39, 0.29) is 12.5 Å². The van der Waals surface area contributed by atoms with Crippen LogP contribution in [0.5, 0.6) is 5.75 Å². The van der Waals surface area contributed by atoms with Crippen LogP contribution in [0.25, 0.3) is 0 Å². The summed E-state index contributed by atoms with van der Waals surface area (Å²) in [5.74, 6) is 0.429. The SMILES string of the molecule is CC1(C)Oc2cc(I)ccc2N(CCF)C1=O. The number of hydrogen-bond acceptors (Lipinski definition) is 2. The van der Waals surface area contributed by atoms with Crippen molar-refractivity contribution in [3.05, 3.63) is 21.8 Å². The smallest absolute Gasteiger partial charge is 0.270 e. The van der Waals surface area contributed by atoms with Gasteiger partial charge in [-0.1, -0.05) is 0 Å². The molecule has 0 unspecified atom stereocenters. The van der Waals surface area contributed by atoms with E-state index in [1.807, 2.05) is 12.1 Å². The molecule has 5 heteroatoms. The number of nitrogens with zero attached hydrogens (tertiary/aromatic N) is 1. The van der Waals surface area contributed by atoms with Crippen molar-refractivity contribution in [2.24, 2.45) is 0 Å². The van der Waals surface area contributed by atoms with Crippen LogP contribution in [0.1, 0.15) is 13.8 Å². The first kappa shape index (κ1) is 12.6. The molecular formula is C12H13FINO2. The van der Waals surface area contributed by atoms with Gasteiger partial charge in [0.2, 0.25) is 0 Å². The molecule has 1 aromatic carbocycles. The molecule has 1 aromatic rings. The van der Waals surface area contributed by atoms with Crippen LogP contribution in [0.4, 0.5) is 10.1 Å². The number of ether oxygens (including phenoxy) is 1. The summed E-state index contributed by atoms with van der Waals surface area (Å²) in [4.78, 5) is 13.6. The van der Waals surface area contributed by atoms with E-state index in [2.05, 4.69) is 22.6 Å². The molecule has 0 bridgehead atoms. The van der Waals surface area contributed by atoms with Crippen LogP contribution in [0.3, 0.4) is 0 Å². The fourth-order valence-corrected chi connectivity index (χ4v) is 2.31. The quantitative estimate of drug-likeness (QED) is 0.769. The number of hydrogen-bond donors (Lipinski definition) is 0. The highest BCUT2D eigenvalue weighted by molar-refractivity contribution is 14.1. The minimum absolute atomic E-state index is 0.0687. The lowest BCUT2D eigenvalue weighted by Gasteiger charge is -2.38. The van der Waals surface area contributed by atoms with E-state index in [4.69, 9.17) is 4.74 Å². The van der Waals surface area contributed by atoms with Gasteiger partial charge < -0.3 is 9.64 Å². The van der Waals surface area contributed by atoms with Crippen molar-refractivity contribution in [3.63, 3.8) is 0 Å². The van der Waals surface area contributed by atoms with Gasteiger partial charge in [-0.05, 0) is 54.6 Å². The molecular weight excluding hydrogens is 336 g/mol. The normalized spacial score (nSPS) is 17.6. The third kappa shape index (κ3) is 2.25. The monoisotopic (exact) mass is 349 g/mol. The molecule has 0 aromatic heterocycles. The maximum absolute atomic E-state index is 12.5. The maximum Gasteiger partial charge on any atom is 0.270 e. The second-order valence-corrected chi connectivity index (χ2v) is 5.62. The number of alkyl halides is 1. The zero-order valence-electron chi connectivity index (χ0n) is 9.67. The first-order valence-corrected chi connectivity index (χ1v) is 6.40. The Labute approximate surface area is 113 Å². The molecule has 92 valence electrons. The maximum atomic E-state index is 12.5. The van der Waals surface area contributed by atoms with Crippen LogP contribution < -0.4 is 9.64 Å². The minimum Gasteiger partial charge on any atom is -0.476 e. The Bertz CT molecular complexity index is 462. The Balaban J connectivity index is 2.50. The molecule has 0 atom stereocenters. The fraction of sp³-hybridized carbons (Fsp3) is 0.417. The van der Waals surface area contributed by atoms with Crippen molar-refractivity contribution in [1.82, 2.24) is 0 Å². The van der Waals surface area contributed by atoms with E-state index in [9.17, 15) is 9.18 Å². The van der Waals surface area contributed by atoms with Gasteiger partial charge in [0.15, 0.2) is 5.60 Å². The molecule has 2 rings (SSSR count). The van der Waals surface area contributed by atoms with Gasteiger partial charge in [-0.3, -0.25) is 4.79 Å². The van der Waals surface area contributed by atoms with Gasteiger partial charge in [-0.25, -0.2) is 4.39 Å². The minimum atomic E-state index is -0.938. The third-order valence-electron chi connectivity index (χ3n) is 2.65. The first-order chi connectivity index (χ1) is 7.95. The number of fused-ring (bicyclic) bond motifs is 1. The van der Waals surface area contributed by atoms with E-state index >= 15 is 0 Å². The van der Waals surface area contributed by atoms with E-state index in [1.54, 1.807) is 19.9 Å². The van der Waals surface area contributed by atoms with Crippen LogP contribution in [0.2, 0.25) is 0 Å². The number of carbonyl (C=O) groups excluding carboxylic acids is 1. The Morgan fingerprint density at radius 3 is 2.82 bits per heavy atom. The molecule has 0 saturated carbocycles. The van der Waals surface area contributed by atoms with E-state index in [1.165, 1.54) is 4.90 Å². The van der Waals surface area contributed by atoms with Crippen LogP contribution in [-0.2, 0) is 4.79 Å². The lowest BCUT2D eigenvalue weighted by molar-refractivity contribution is -0.132. The zero-order chi connectivity index (χ0) is 12.6. The van der Waals surface area contributed by atoms with Crippen LogP contribution >= 0.6 is 22.6 Å². The zero-order valence-corrected chi connectivity index (χ0v) is 11.8. The molecule has 0 saturated heterocycles. The van der Waals surface area contributed by atoms with Gasteiger partial charge in [-0.2, -0.15) is 0 Å². The van der Waals surface area contributed by atoms with Crippen molar-refractivity contribution in [2.75, 3.05) is 18.1 Å². The number of amides is 1. The molecule has 0 spiro atoms. The van der Waals surface area contributed by atoms with Crippen molar-refractivity contribution >= 4 is 34.2 Å². The average Bonchev–Trinajstić information content (AvgIpc) is 2.24. The predicted molar refractivity (Wildman–Crippen MR) is 72.2 cm³/mol. The molecule has 3 nitrogen and oxygen atoms in total. The summed E-state index contributed by atoms with van der Waals surface area (Å²) < 4.78 is 19.2. The number of anilines is 1. The molecule has 1 heterocycles. The molecule has 17 heavy (non-hydrogen) atoms. The molecule has 1 amide bonds. The first-order valence-electron chi connectivity index (χ1n) is 5.32. The Morgan fingerprint density at radius 2 is 2.18 bits per heavy atom. The number of carbonyl (C=O) groups is 1. The van der Waals surface area contributed by atoms with Gasteiger partial charge in [0.25, 0.3) is 5.91 Å². The van der Waals surface area contributed by atoms with Gasteiger partial charge in [0.1, 0.15) is 12.4 Å². The Kier molecular flexibility index (Phi) is 3.29. The lowest BCUT2D eigenvalue weighted by atomic mass is 10.0. The molecule has 0 aliphatic carbocycles. The Morgan fingerprint density at radius 1 is 1.47 bits per heavy atom. The van der Waals surface area contributed by atoms with Crippen LogP contribution in [0.15, 0.2) is 18.2 Å². The molecule has 1 aliphatic rings. The number of halogens is 2. The molecule has 1 aliphatic heterocycles.